The van der Waals surface area contributed by atoms with E-state index in [0.717, 1.165) is 5.75 Å². The predicted molar refractivity (Wildman–Crippen MR) is 104 cm³/mol. The molecule has 2 aliphatic rings. The van der Waals surface area contributed by atoms with E-state index in [2.05, 4.69) is 10.4 Å². The molecule has 1 saturated heterocycles. The van der Waals surface area contributed by atoms with Gasteiger partial charge in [0.2, 0.25) is 11.8 Å². The predicted octanol–water partition coefficient (Wildman–Crippen LogP) is 1.52. The van der Waals surface area contributed by atoms with Crippen molar-refractivity contribution in [1.82, 2.24) is 14.7 Å². The van der Waals surface area contributed by atoms with Crippen molar-refractivity contribution in [2.24, 2.45) is 0 Å². The van der Waals surface area contributed by atoms with Crippen molar-refractivity contribution in [3.8, 4) is 11.5 Å². The van der Waals surface area contributed by atoms with E-state index in [9.17, 15) is 9.59 Å². The monoisotopic (exact) mass is 404 g/mol. The third-order valence-corrected chi connectivity index (χ3v) is 5.45. The first kappa shape index (κ1) is 17.8. The molecule has 140 valence electrons. The van der Waals surface area contributed by atoms with Crippen molar-refractivity contribution >= 4 is 45.8 Å². The summed E-state index contributed by atoms with van der Waals surface area (Å²) in [4.78, 5) is 25.1. The number of thioether (sulfide) groups is 1. The molecule has 1 aromatic heterocycles. The number of anilines is 1. The molecule has 0 unspecified atom stereocenters. The molecule has 4 rings (SSSR count). The van der Waals surface area contributed by atoms with Gasteiger partial charge in [-0.25, -0.2) is 0 Å². The van der Waals surface area contributed by atoms with E-state index in [-0.39, 0.29) is 30.2 Å². The Morgan fingerprint density at radius 1 is 1.37 bits per heavy atom. The second-order valence-corrected chi connectivity index (χ2v) is 7.64. The van der Waals surface area contributed by atoms with Gasteiger partial charge >= 0.3 is 0 Å². The van der Waals surface area contributed by atoms with Gasteiger partial charge in [0.1, 0.15) is 17.5 Å². The normalized spacial score (nSPS) is 18.7. The zero-order valence-corrected chi connectivity index (χ0v) is 15.8. The Morgan fingerprint density at radius 2 is 2.19 bits per heavy atom. The largest absolute Gasteiger partial charge is 0.486 e. The summed E-state index contributed by atoms with van der Waals surface area (Å²) < 4.78 is 13.7. The zero-order valence-electron chi connectivity index (χ0n) is 14.2. The van der Waals surface area contributed by atoms with Gasteiger partial charge in [-0.15, -0.1) is 0 Å². The summed E-state index contributed by atoms with van der Waals surface area (Å²) in [6.45, 7) is 0.812. The highest BCUT2D eigenvalue weighted by atomic mass is 32.2. The van der Waals surface area contributed by atoms with Crippen LogP contribution in [0.15, 0.2) is 36.7 Å². The summed E-state index contributed by atoms with van der Waals surface area (Å²) in [7, 11) is 0. The van der Waals surface area contributed by atoms with Crippen LogP contribution in [0.5, 0.6) is 11.5 Å². The van der Waals surface area contributed by atoms with Gasteiger partial charge in [-0.2, -0.15) is 5.10 Å². The van der Waals surface area contributed by atoms with Gasteiger partial charge in [-0.1, -0.05) is 36.1 Å². The van der Waals surface area contributed by atoms with Crippen LogP contribution in [0.3, 0.4) is 0 Å². The maximum absolute atomic E-state index is 12.1. The smallest absolute Gasteiger partial charge is 0.244 e. The SMILES string of the molecule is O=C(CN1C(=O)CSC1=S)Nc1cnn(C[C@H]2COc3ccccc3O2)c1. The molecule has 8 nitrogen and oxygen atoms in total. The number of nitrogens with zero attached hydrogens (tertiary/aromatic N) is 3. The summed E-state index contributed by atoms with van der Waals surface area (Å²) in [6, 6.07) is 7.51. The van der Waals surface area contributed by atoms with Crippen LogP contribution in [0.1, 0.15) is 0 Å². The standard InChI is InChI=1S/C17H16N4O4S2/c22-15(8-21-16(23)10-27-17(21)26)19-11-5-18-20(6-11)7-12-9-24-13-3-1-2-4-14(13)25-12/h1-6,12H,7-10H2,(H,19,22)/t12-/m0/s1. The van der Waals surface area contributed by atoms with Gasteiger partial charge < -0.3 is 14.8 Å². The topological polar surface area (TPSA) is 85.7 Å². The molecule has 10 heteroatoms. The Hall–Kier alpha value is -2.59. The van der Waals surface area contributed by atoms with Crippen molar-refractivity contribution in [3.05, 3.63) is 36.7 Å². The first-order valence-electron chi connectivity index (χ1n) is 8.26. The minimum absolute atomic E-state index is 0.0911. The molecule has 1 atom stereocenters. The summed E-state index contributed by atoms with van der Waals surface area (Å²) in [5, 5.41) is 6.96. The molecular formula is C17H16N4O4S2. The number of thiocarbonyl (C=S) groups is 1. The van der Waals surface area contributed by atoms with Crippen molar-refractivity contribution < 1.29 is 19.1 Å². The van der Waals surface area contributed by atoms with Crippen LogP contribution in [0.25, 0.3) is 0 Å². The fourth-order valence-corrected chi connectivity index (χ4v) is 3.84. The molecule has 2 aliphatic heterocycles. The summed E-state index contributed by atoms with van der Waals surface area (Å²) in [6.07, 6.45) is 3.08. The molecule has 0 aliphatic carbocycles. The van der Waals surface area contributed by atoms with Crippen LogP contribution >= 0.6 is 24.0 Å². The van der Waals surface area contributed by atoms with Crippen LogP contribution in [0.4, 0.5) is 5.69 Å². The van der Waals surface area contributed by atoms with Crippen LogP contribution in [0.2, 0.25) is 0 Å². The molecule has 0 spiro atoms. The second kappa shape index (κ2) is 7.57. The first-order chi connectivity index (χ1) is 13.1. The highest BCUT2D eigenvalue weighted by molar-refractivity contribution is 8.23. The number of aromatic nitrogens is 2. The zero-order chi connectivity index (χ0) is 18.8. The lowest BCUT2D eigenvalue weighted by atomic mass is 10.2. The maximum atomic E-state index is 12.1. The number of benzene rings is 1. The molecule has 1 aromatic carbocycles. The molecule has 0 bridgehead atoms. The Kier molecular flexibility index (Phi) is 4.99. The Bertz CT molecular complexity index is 885. The number of amides is 2. The number of hydrogen-bond donors (Lipinski definition) is 1. The molecule has 1 fully saturated rings. The summed E-state index contributed by atoms with van der Waals surface area (Å²) in [5.74, 6) is 1.26. The fourth-order valence-electron chi connectivity index (χ4n) is 2.77. The molecule has 1 N–H and O–H groups in total. The number of nitrogens with one attached hydrogen (secondary N) is 1. The van der Waals surface area contributed by atoms with Gasteiger partial charge in [0.25, 0.3) is 0 Å². The highest BCUT2D eigenvalue weighted by Crippen LogP contribution is 2.31. The third kappa shape index (κ3) is 4.06. The Labute approximate surface area is 164 Å². The Morgan fingerprint density at radius 3 is 2.96 bits per heavy atom. The number of fused-ring (bicyclic) bond motifs is 1. The Balaban J connectivity index is 1.32. The van der Waals surface area contributed by atoms with E-state index in [1.807, 2.05) is 24.3 Å². The van der Waals surface area contributed by atoms with E-state index < -0.39 is 0 Å². The number of hydrogen-bond acceptors (Lipinski definition) is 7. The summed E-state index contributed by atoms with van der Waals surface area (Å²) in [5.41, 5.74) is 0.544. The average molecular weight is 404 g/mol. The number of ether oxygens (including phenoxy) is 2. The van der Waals surface area contributed by atoms with Gasteiger partial charge in [-0.05, 0) is 12.1 Å². The van der Waals surface area contributed by atoms with Crippen molar-refractivity contribution in [2.75, 3.05) is 24.2 Å². The molecule has 27 heavy (non-hydrogen) atoms. The van der Waals surface area contributed by atoms with Crippen molar-refractivity contribution in [1.29, 1.82) is 0 Å². The quantitative estimate of drug-likeness (QED) is 0.756. The fraction of sp³-hybridized carbons (Fsp3) is 0.294. The lowest BCUT2D eigenvalue weighted by molar-refractivity contribution is -0.127. The number of carbonyl (C=O) groups excluding carboxylic acids is 2. The number of rotatable bonds is 5. The molecule has 0 saturated carbocycles. The molecule has 2 amide bonds. The van der Waals surface area contributed by atoms with Gasteiger partial charge in [-0.3, -0.25) is 19.2 Å². The minimum Gasteiger partial charge on any atom is -0.486 e. The van der Waals surface area contributed by atoms with Crippen LogP contribution in [0, 0.1) is 0 Å². The molecule has 2 aromatic rings. The van der Waals surface area contributed by atoms with E-state index in [0.29, 0.717) is 28.9 Å². The number of carbonyl (C=O) groups is 2. The molecule has 3 heterocycles. The third-order valence-electron chi connectivity index (χ3n) is 4.02. The van der Waals surface area contributed by atoms with Crippen LogP contribution in [-0.4, -0.2) is 55.8 Å². The van der Waals surface area contributed by atoms with Crippen LogP contribution < -0.4 is 14.8 Å². The molecule has 0 radical (unpaired) electrons. The van der Waals surface area contributed by atoms with E-state index in [1.165, 1.54) is 16.7 Å². The maximum Gasteiger partial charge on any atom is 0.244 e. The average Bonchev–Trinajstić information content (AvgIpc) is 3.22. The van der Waals surface area contributed by atoms with Crippen molar-refractivity contribution in [2.45, 2.75) is 12.6 Å². The molecular weight excluding hydrogens is 388 g/mol. The number of para-hydroxylation sites is 2. The van der Waals surface area contributed by atoms with E-state index >= 15 is 0 Å². The van der Waals surface area contributed by atoms with Gasteiger partial charge in [0.05, 0.1) is 24.2 Å². The lowest BCUT2D eigenvalue weighted by Gasteiger charge is -2.26. The summed E-state index contributed by atoms with van der Waals surface area (Å²) >= 11 is 6.34. The van der Waals surface area contributed by atoms with Crippen molar-refractivity contribution in [3.63, 3.8) is 0 Å². The van der Waals surface area contributed by atoms with Gasteiger partial charge in [0.15, 0.2) is 17.6 Å². The van der Waals surface area contributed by atoms with Gasteiger partial charge in [0, 0.05) is 6.20 Å². The first-order valence-corrected chi connectivity index (χ1v) is 9.66. The lowest BCUT2D eigenvalue weighted by Crippen LogP contribution is -2.36. The second-order valence-electron chi connectivity index (χ2n) is 6.03. The highest BCUT2D eigenvalue weighted by Gasteiger charge is 2.28. The van der Waals surface area contributed by atoms with E-state index in [4.69, 9.17) is 21.7 Å². The van der Waals surface area contributed by atoms with E-state index in [1.54, 1.807) is 17.1 Å². The minimum atomic E-state index is -0.320. The van der Waals surface area contributed by atoms with Crippen LogP contribution in [-0.2, 0) is 16.1 Å².